The monoisotopic (exact) mass is 1040 g/mol. The highest BCUT2D eigenvalue weighted by atomic mass is 16.4. The number of benzene rings is 2. The quantitative estimate of drug-likeness (QED) is 0.0447. The molecule has 2 aromatic carbocycles. The third-order valence-corrected chi connectivity index (χ3v) is 13.2. The summed E-state index contributed by atoms with van der Waals surface area (Å²) in [6.45, 7) is 8.08. The zero-order valence-electron chi connectivity index (χ0n) is 44.0. The van der Waals surface area contributed by atoms with E-state index >= 15 is 0 Å². The smallest absolute Gasteiger partial charge is 0.326 e. The Balaban J connectivity index is 1.09. The summed E-state index contributed by atoms with van der Waals surface area (Å²) in [4.78, 5) is 69.4. The van der Waals surface area contributed by atoms with Crippen molar-refractivity contribution in [1.29, 1.82) is 0 Å². The van der Waals surface area contributed by atoms with Gasteiger partial charge in [0.1, 0.15) is 24.1 Å². The molecule has 3 aromatic rings. The number of aromatic nitrogens is 3. The predicted molar refractivity (Wildman–Crippen MR) is 291 cm³/mol. The lowest BCUT2D eigenvalue weighted by molar-refractivity contribution is -0.139. The van der Waals surface area contributed by atoms with Gasteiger partial charge in [0.05, 0.1) is 19.7 Å². The standard InChI is InChI=1S/C53H81N13O9/c1-39(57-37-53(38-67)23-22-43(68)35-63(2)26-27-64(3)36-44(69)33-53)32-40-18-20-41(21-19-40)58-50-60-49(61-51(62-50)66-30-28-65(29-31-66)42-14-8-7-9-15-42)55-25-12-6-4-5-10-17-46(70)54-24-13-11-16-45(48(73)74)59-52(75)56-34-47(71)72/h7-9,14-15,18-22,33,39,45,57,67-69H,4-6,10-13,16-17,23-32,34-38H2,1-3H3,(H,54,70)(H,71,72)(H,73,74)(H2,56,59,75)(H2,55,58,60,61,62)/b43-22+,44-33+/t39?,45-,53-/m0/s1. The number of nitrogens with zero attached hydrogens (tertiary/aromatic N) is 7. The highest BCUT2D eigenvalue weighted by Crippen LogP contribution is 2.27. The number of anilines is 5. The second kappa shape index (κ2) is 31.2. The van der Waals surface area contributed by atoms with Crippen molar-refractivity contribution in [3.05, 3.63) is 83.8 Å². The maximum atomic E-state index is 12.4. The van der Waals surface area contributed by atoms with E-state index in [1.165, 1.54) is 5.69 Å². The van der Waals surface area contributed by atoms with Crippen molar-refractivity contribution in [2.75, 3.05) is 120 Å². The molecule has 0 spiro atoms. The fourth-order valence-corrected chi connectivity index (χ4v) is 8.84. The Morgan fingerprint density at radius 1 is 0.733 bits per heavy atom. The minimum Gasteiger partial charge on any atom is -0.511 e. The number of aliphatic carboxylic acids is 2. The molecule has 0 saturated carbocycles. The van der Waals surface area contributed by atoms with Crippen molar-refractivity contribution in [3.63, 3.8) is 0 Å². The number of aliphatic hydroxyl groups excluding tert-OH is 3. The Morgan fingerprint density at radius 2 is 1.39 bits per heavy atom. The fraction of sp³-hybridized carbons (Fsp3) is 0.566. The highest BCUT2D eigenvalue weighted by Gasteiger charge is 2.29. The van der Waals surface area contributed by atoms with Gasteiger partial charge in [-0.25, -0.2) is 9.59 Å². The molecule has 1 unspecified atom stereocenters. The summed E-state index contributed by atoms with van der Waals surface area (Å²) < 4.78 is 0. The van der Waals surface area contributed by atoms with Crippen LogP contribution in [0.15, 0.2) is 78.3 Å². The molecule has 3 atom stereocenters. The van der Waals surface area contributed by atoms with Crippen LogP contribution in [0.25, 0.3) is 0 Å². The van der Waals surface area contributed by atoms with Gasteiger partial charge >= 0.3 is 18.0 Å². The average molecular weight is 1040 g/mol. The van der Waals surface area contributed by atoms with Gasteiger partial charge in [0.25, 0.3) is 0 Å². The van der Waals surface area contributed by atoms with Crippen LogP contribution in [-0.4, -0.2) is 185 Å². The van der Waals surface area contributed by atoms with Crippen LogP contribution in [0, 0.1) is 5.41 Å². The lowest BCUT2D eigenvalue weighted by atomic mass is 9.83. The van der Waals surface area contributed by atoms with E-state index in [4.69, 9.17) is 20.1 Å². The molecule has 0 bridgehead atoms. The molecule has 3 heterocycles. The molecule has 2 aliphatic rings. The zero-order chi connectivity index (χ0) is 54.0. The first kappa shape index (κ1) is 59.1. The molecule has 2 aliphatic heterocycles. The summed E-state index contributed by atoms with van der Waals surface area (Å²) in [5.74, 6) is -0.607. The lowest BCUT2D eigenvalue weighted by Gasteiger charge is -2.36. The third kappa shape index (κ3) is 21.9. The van der Waals surface area contributed by atoms with Crippen LogP contribution in [0.2, 0.25) is 0 Å². The van der Waals surface area contributed by atoms with Gasteiger partial charge in [-0.3, -0.25) is 19.4 Å². The number of carboxylic acid groups (broad SMARTS) is 2. The number of likely N-dealkylation sites (N-methyl/N-ethyl adjacent to an activating group) is 2. The van der Waals surface area contributed by atoms with E-state index in [1.54, 1.807) is 12.2 Å². The van der Waals surface area contributed by atoms with Crippen LogP contribution in [0.5, 0.6) is 0 Å². The van der Waals surface area contributed by atoms with E-state index in [0.717, 1.165) is 82.6 Å². The van der Waals surface area contributed by atoms with Gasteiger partial charge in [-0.15, -0.1) is 0 Å². The van der Waals surface area contributed by atoms with E-state index in [0.29, 0.717) is 82.7 Å². The molecule has 412 valence electrons. The van der Waals surface area contributed by atoms with Gasteiger partial charge in [-0.2, -0.15) is 15.0 Å². The summed E-state index contributed by atoms with van der Waals surface area (Å²) >= 11 is 0. The summed E-state index contributed by atoms with van der Waals surface area (Å²) in [5, 5.41) is 67.9. The second-order valence-corrected chi connectivity index (χ2v) is 19.8. The molecule has 3 amide bonds. The zero-order valence-corrected chi connectivity index (χ0v) is 44.0. The Morgan fingerprint density at radius 3 is 2.08 bits per heavy atom. The summed E-state index contributed by atoms with van der Waals surface area (Å²) in [6.07, 6.45) is 10.5. The molecule has 0 radical (unpaired) electrons. The Kier molecular flexibility index (Phi) is 24.6. The largest absolute Gasteiger partial charge is 0.511 e. The molecule has 1 fully saturated rings. The van der Waals surface area contributed by atoms with Crippen LogP contribution < -0.4 is 41.7 Å². The van der Waals surface area contributed by atoms with Crippen molar-refractivity contribution >= 4 is 53.1 Å². The third-order valence-electron chi connectivity index (χ3n) is 13.2. The Bertz CT molecular complexity index is 2300. The molecular formula is C53H81N13O9. The molecule has 11 N–H and O–H groups in total. The van der Waals surface area contributed by atoms with Gasteiger partial charge in [0.15, 0.2) is 0 Å². The molecule has 5 rings (SSSR count). The number of hydrogen-bond acceptors (Lipinski definition) is 17. The number of unbranched alkanes of at least 4 members (excludes halogenated alkanes) is 5. The number of amides is 3. The number of carbonyl (C=O) groups is 4. The molecule has 0 aliphatic carbocycles. The SMILES string of the molecule is CC(Cc1ccc(Nc2nc(NCCCCCCCC(=O)NCCCC[C@H](NC(=O)NCC(=O)O)C(=O)O)nc(N3CCN(c4ccccc4)CC3)n2)cc1)NC[C@@]1(CO)/C=C(/O)CN(C)CCN(C)C/C(O)=C\C1. The predicted octanol–water partition coefficient (Wildman–Crippen LogP) is 4.47. The number of piperazine rings is 1. The maximum absolute atomic E-state index is 12.4. The first-order valence-corrected chi connectivity index (χ1v) is 26.2. The van der Waals surface area contributed by atoms with Gasteiger partial charge in [-0.05, 0) is 108 Å². The van der Waals surface area contributed by atoms with E-state index in [1.807, 2.05) is 42.1 Å². The number of carbonyl (C=O) groups excluding carboxylic acids is 2. The maximum Gasteiger partial charge on any atom is 0.326 e. The van der Waals surface area contributed by atoms with Gasteiger partial charge in [0, 0.05) is 88.2 Å². The summed E-state index contributed by atoms with van der Waals surface area (Å²) in [5.41, 5.74) is 2.30. The number of hydrogen-bond donors (Lipinski definition) is 11. The van der Waals surface area contributed by atoms with E-state index < -0.39 is 36.0 Å². The number of aliphatic hydroxyl groups is 3. The molecule has 1 saturated heterocycles. The van der Waals surface area contributed by atoms with Gasteiger partial charge in [0.2, 0.25) is 23.8 Å². The van der Waals surface area contributed by atoms with Crippen molar-refractivity contribution in [3.8, 4) is 0 Å². The summed E-state index contributed by atoms with van der Waals surface area (Å²) in [6, 6.07) is 16.5. The molecular weight excluding hydrogens is 963 g/mol. The number of urea groups is 1. The molecule has 22 nitrogen and oxygen atoms in total. The minimum absolute atomic E-state index is 0.0329. The van der Waals surface area contributed by atoms with Crippen LogP contribution in [0.3, 0.4) is 0 Å². The van der Waals surface area contributed by atoms with Crippen molar-refractivity contribution in [2.24, 2.45) is 5.41 Å². The number of carboxylic acids is 2. The number of rotatable bonds is 28. The molecule has 1 aromatic heterocycles. The number of allylic oxidation sites excluding steroid dienone is 1. The minimum atomic E-state index is -1.24. The van der Waals surface area contributed by atoms with Crippen LogP contribution in [-0.2, 0) is 20.8 Å². The highest BCUT2D eigenvalue weighted by molar-refractivity contribution is 5.84. The van der Waals surface area contributed by atoms with Crippen molar-refractivity contribution in [1.82, 2.24) is 46.0 Å². The Hall–Kier alpha value is -6.75. The van der Waals surface area contributed by atoms with Gasteiger partial charge in [-0.1, -0.05) is 49.6 Å². The first-order valence-electron chi connectivity index (χ1n) is 26.2. The van der Waals surface area contributed by atoms with Crippen LogP contribution in [0.4, 0.5) is 34.0 Å². The second-order valence-electron chi connectivity index (χ2n) is 19.8. The van der Waals surface area contributed by atoms with Crippen LogP contribution >= 0.6 is 0 Å². The normalized spacial score (nSPS) is 19.2. The summed E-state index contributed by atoms with van der Waals surface area (Å²) in [7, 11) is 3.89. The average Bonchev–Trinajstić information content (AvgIpc) is 3.39. The molecule has 75 heavy (non-hydrogen) atoms. The topological polar surface area (TPSA) is 293 Å². The van der Waals surface area contributed by atoms with E-state index in [9.17, 15) is 39.6 Å². The first-order chi connectivity index (χ1) is 36.1. The Labute approximate surface area is 441 Å². The molecule has 22 heteroatoms. The number of para-hydroxylation sites is 1. The van der Waals surface area contributed by atoms with E-state index in [-0.39, 0.29) is 36.5 Å². The van der Waals surface area contributed by atoms with Gasteiger partial charge < -0.3 is 67.2 Å². The van der Waals surface area contributed by atoms with E-state index in [2.05, 4.69) is 85.0 Å². The fourth-order valence-electron chi connectivity index (χ4n) is 8.84. The van der Waals surface area contributed by atoms with Crippen molar-refractivity contribution in [2.45, 2.75) is 89.6 Å². The number of nitrogens with one attached hydrogen (secondary N) is 6. The lowest BCUT2D eigenvalue weighted by Crippen LogP contribution is -2.47. The van der Waals surface area contributed by atoms with Crippen molar-refractivity contribution < 1.29 is 44.7 Å². The van der Waals surface area contributed by atoms with Crippen LogP contribution in [0.1, 0.15) is 76.7 Å².